The summed E-state index contributed by atoms with van der Waals surface area (Å²) in [5, 5.41) is 11.6. The molecular weight excluding hydrogens is 370 g/mol. The summed E-state index contributed by atoms with van der Waals surface area (Å²) in [6.07, 6.45) is 7.69. The van der Waals surface area contributed by atoms with Gasteiger partial charge in [-0.25, -0.2) is 4.79 Å². The van der Waals surface area contributed by atoms with Gasteiger partial charge in [0.25, 0.3) is 0 Å². The van der Waals surface area contributed by atoms with Crippen molar-refractivity contribution in [2.75, 3.05) is 25.9 Å². The molecule has 0 aromatic carbocycles. The van der Waals surface area contributed by atoms with Gasteiger partial charge in [0, 0.05) is 19.6 Å². The van der Waals surface area contributed by atoms with Gasteiger partial charge in [-0.15, -0.1) is 11.8 Å². The van der Waals surface area contributed by atoms with Crippen molar-refractivity contribution in [3.05, 3.63) is 22.3 Å². The van der Waals surface area contributed by atoms with E-state index in [4.69, 9.17) is 10.1 Å². The number of rotatable bonds is 8. The van der Waals surface area contributed by atoms with Crippen molar-refractivity contribution >= 4 is 23.6 Å². The second-order valence-corrected chi connectivity index (χ2v) is 9.31. The largest absolute Gasteiger partial charge is 0.444 e. The van der Waals surface area contributed by atoms with Crippen LogP contribution in [0.1, 0.15) is 67.2 Å². The molecule has 0 aromatic heterocycles. The molecule has 1 amide bonds. The summed E-state index contributed by atoms with van der Waals surface area (Å²) in [7, 11) is 0. The summed E-state index contributed by atoms with van der Waals surface area (Å²) in [5.41, 5.74) is 2.51. The van der Waals surface area contributed by atoms with Gasteiger partial charge in [0.05, 0.1) is 11.4 Å². The van der Waals surface area contributed by atoms with Crippen LogP contribution in [0.3, 0.4) is 0 Å². The number of nitrogens with one attached hydrogen (secondary N) is 2. The molecule has 0 aliphatic carbocycles. The number of likely N-dealkylation sites (tertiary alicyclic amines) is 1. The van der Waals surface area contributed by atoms with Gasteiger partial charge in [0.1, 0.15) is 5.60 Å². The SMILES string of the molecule is CCC(C)=C(C(=N)/C=C(\CC)SC)N1CCC(CNC(=O)OC(C)(C)C)CC1. The first-order valence-electron chi connectivity index (χ1n) is 10.4. The minimum atomic E-state index is -0.465. The van der Waals surface area contributed by atoms with Gasteiger partial charge in [0.2, 0.25) is 0 Å². The molecule has 2 N–H and O–H groups in total. The molecule has 6 heteroatoms. The van der Waals surface area contributed by atoms with Gasteiger partial charge in [-0.1, -0.05) is 13.8 Å². The van der Waals surface area contributed by atoms with Crippen LogP contribution in [0.25, 0.3) is 0 Å². The van der Waals surface area contributed by atoms with Gasteiger partial charge in [0.15, 0.2) is 0 Å². The van der Waals surface area contributed by atoms with Crippen LogP contribution in [-0.4, -0.2) is 48.2 Å². The number of carbonyl (C=O) groups is 1. The number of carbonyl (C=O) groups excluding carboxylic acids is 1. The molecule has 1 aliphatic heterocycles. The van der Waals surface area contributed by atoms with Crippen LogP contribution in [0.4, 0.5) is 4.79 Å². The van der Waals surface area contributed by atoms with E-state index in [2.05, 4.69) is 37.2 Å². The summed E-state index contributed by atoms with van der Waals surface area (Å²) < 4.78 is 5.32. The first-order chi connectivity index (χ1) is 13.1. The summed E-state index contributed by atoms with van der Waals surface area (Å²) in [6, 6.07) is 0. The fourth-order valence-electron chi connectivity index (χ4n) is 3.27. The topological polar surface area (TPSA) is 65.4 Å². The van der Waals surface area contributed by atoms with E-state index in [9.17, 15) is 4.79 Å². The van der Waals surface area contributed by atoms with Gasteiger partial charge in [-0.3, -0.25) is 5.41 Å². The fraction of sp³-hybridized carbons (Fsp3) is 0.727. The highest BCUT2D eigenvalue weighted by Crippen LogP contribution is 2.25. The zero-order chi connectivity index (χ0) is 21.3. The summed E-state index contributed by atoms with van der Waals surface area (Å²) in [5.74, 6) is 0.453. The lowest BCUT2D eigenvalue weighted by Gasteiger charge is -2.36. The van der Waals surface area contributed by atoms with Crippen molar-refractivity contribution in [1.82, 2.24) is 10.2 Å². The maximum Gasteiger partial charge on any atom is 0.407 e. The fourth-order valence-corrected chi connectivity index (χ4v) is 3.80. The quantitative estimate of drug-likeness (QED) is 0.513. The Hall–Kier alpha value is -1.43. The molecule has 0 spiro atoms. The maximum atomic E-state index is 11.9. The number of allylic oxidation sites excluding steroid dienone is 3. The van der Waals surface area contributed by atoms with E-state index < -0.39 is 5.60 Å². The number of hydrogen-bond donors (Lipinski definition) is 2. The summed E-state index contributed by atoms with van der Waals surface area (Å²) in [4.78, 5) is 15.5. The van der Waals surface area contributed by atoms with Crippen LogP contribution < -0.4 is 5.32 Å². The number of nitrogens with zero attached hydrogens (tertiary/aromatic N) is 1. The number of amides is 1. The Bertz CT molecular complexity index is 591. The van der Waals surface area contributed by atoms with Crippen molar-refractivity contribution in [3.8, 4) is 0 Å². The van der Waals surface area contributed by atoms with E-state index in [1.807, 2.05) is 26.8 Å². The predicted molar refractivity (Wildman–Crippen MR) is 121 cm³/mol. The Morgan fingerprint density at radius 2 is 1.86 bits per heavy atom. The smallest absolute Gasteiger partial charge is 0.407 e. The monoisotopic (exact) mass is 409 g/mol. The molecule has 0 radical (unpaired) electrons. The number of ether oxygens (including phenoxy) is 1. The average Bonchev–Trinajstić information content (AvgIpc) is 2.64. The highest BCUT2D eigenvalue weighted by Gasteiger charge is 2.24. The number of piperidine rings is 1. The number of thioether (sulfide) groups is 1. The van der Waals surface area contributed by atoms with E-state index in [1.165, 1.54) is 10.5 Å². The third kappa shape index (κ3) is 8.29. The minimum absolute atomic E-state index is 0.339. The first-order valence-corrected chi connectivity index (χ1v) is 11.6. The Morgan fingerprint density at radius 3 is 2.32 bits per heavy atom. The van der Waals surface area contributed by atoms with Gasteiger partial charge in [-0.2, -0.15) is 0 Å². The molecule has 160 valence electrons. The van der Waals surface area contributed by atoms with E-state index >= 15 is 0 Å². The van der Waals surface area contributed by atoms with Crippen LogP contribution >= 0.6 is 11.8 Å². The molecule has 1 saturated heterocycles. The van der Waals surface area contributed by atoms with Crippen molar-refractivity contribution in [2.24, 2.45) is 5.92 Å². The Kier molecular flexibility index (Phi) is 10.1. The second kappa shape index (κ2) is 11.5. The highest BCUT2D eigenvalue weighted by molar-refractivity contribution is 8.02. The van der Waals surface area contributed by atoms with Gasteiger partial charge < -0.3 is 15.0 Å². The van der Waals surface area contributed by atoms with Crippen LogP contribution in [0.5, 0.6) is 0 Å². The predicted octanol–water partition coefficient (Wildman–Crippen LogP) is 5.58. The van der Waals surface area contributed by atoms with E-state index in [0.29, 0.717) is 18.2 Å². The summed E-state index contributed by atoms with van der Waals surface area (Å²) >= 11 is 1.72. The number of alkyl carbamates (subject to hydrolysis) is 1. The van der Waals surface area contributed by atoms with E-state index in [1.54, 1.807) is 11.8 Å². The Labute approximate surface area is 175 Å². The zero-order valence-electron chi connectivity index (χ0n) is 18.8. The van der Waals surface area contributed by atoms with Crippen molar-refractivity contribution < 1.29 is 9.53 Å². The van der Waals surface area contributed by atoms with Crippen molar-refractivity contribution in [1.29, 1.82) is 5.41 Å². The molecule has 5 nitrogen and oxygen atoms in total. The highest BCUT2D eigenvalue weighted by atomic mass is 32.2. The van der Waals surface area contributed by atoms with Crippen LogP contribution in [0, 0.1) is 11.3 Å². The molecule has 28 heavy (non-hydrogen) atoms. The molecule has 0 aromatic rings. The van der Waals surface area contributed by atoms with E-state index in [-0.39, 0.29) is 6.09 Å². The first kappa shape index (κ1) is 24.6. The third-order valence-electron chi connectivity index (χ3n) is 4.97. The standard InChI is InChI=1S/C22H39N3O2S/c1-8-16(3)20(19(23)14-18(9-2)28-7)25-12-10-17(11-13-25)15-24-21(26)27-22(4,5)6/h14,17,23H,8-13,15H2,1-7H3,(H,24,26)/b18-14+,20-16?,23-19?. The van der Waals surface area contributed by atoms with Gasteiger partial charge in [-0.05, 0) is 82.1 Å². The molecule has 1 heterocycles. The molecule has 1 rings (SSSR count). The molecule has 0 unspecified atom stereocenters. The van der Waals surface area contributed by atoms with Gasteiger partial charge >= 0.3 is 6.09 Å². The van der Waals surface area contributed by atoms with Crippen LogP contribution in [-0.2, 0) is 4.74 Å². The van der Waals surface area contributed by atoms with E-state index in [0.717, 1.165) is 44.5 Å². The zero-order valence-corrected chi connectivity index (χ0v) is 19.6. The molecule has 0 bridgehead atoms. The van der Waals surface area contributed by atoms with Crippen LogP contribution in [0.2, 0.25) is 0 Å². The summed E-state index contributed by atoms with van der Waals surface area (Å²) in [6.45, 7) is 14.5. The van der Waals surface area contributed by atoms with Crippen molar-refractivity contribution in [2.45, 2.75) is 72.8 Å². The molecule has 1 fully saturated rings. The second-order valence-electron chi connectivity index (χ2n) is 8.38. The minimum Gasteiger partial charge on any atom is -0.444 e. The van der Waals surface area contributed by atoms with Crippen molar-refractivity contribution in [3.63, 3.8) is 0 Å². The molecule has 1 aliphatic rings. The lowest BCUT2D eigenvalue weighted by Crippen LogP contribution is -2.41. The molecule has 0 saturated carbocycles. The van der Waals surface area contributed by atoms with Crippen LogP contribution in [0.15, 0.2) is 22.3 Å². The Balaban J connectivity index is 2.68. The maximum absolute atomic E-state index is 11.9. The third-order valence-corrected chi connectivity index (χ3v) is 5.90. The lowest BCUT2D eigenvalue weighted by molar-refractivity contribution is 0.0512. The average molecular weight is 410 g/mol. The molecular formula is C22H39N3O2S. The number of hydrogen-bond acceptors (Lipinski definition) is 5. The molecule has 0 atom stereocenters. The lowest BCUT2D eigenvalue weighted by atomic mass is 9.95. The normalized spacial score (nSPS) is 17.2. The Morgan fingerprint density at radius 1 is 1.25 bits per heavy atom.